The number of hydrogen-bond acceptors (Lipinski definition) is 3. The topological polar surface area (TPSA) is 63.4 Å². The molecule has 19 heavy (non-hydrogen) atoms. The van der Waals surface area contributed by atoms with Crippen molar-refractivity contribution in [3.05, 3.63) is 29.6 Å². The Labute approximate surface area is 117 Å². The molecule has 0 bridgehead atoms. The van der Waals surface area contributed by atoms with Gasteiger partial charge in [-0.05, 0) is 37.5 Å². The van der Waals surface area contributed by atoms with Crippen molar-refractivity contribution >= 4 is 27.2 Å². The fourth-order valence-corrected chi connectivity index (χ4v) is 4.51. The van der Waals surface area contributed by atoms with E-state index < -0.39 is 21.9 Å². The number of halogens is 1. The van der Waals surface area contributed by atoms with Crippen molar-refractivity contribution in [1.29, 1.82) is 0 Å². The predicted molar refractivity (Wildman–Crippen MR) is 74.8 cm³/mol. The van der Waals surface area contributed by atoms with Gasteiger partial charge < -0.3 is 5.73 Å². The molecular weight excluding hydrogens is 287 g/mol. The molecule has 1 fully saturated rings. The van der Waals surface area contributed by atoms with Crippen LogP contribution in [0.15, 0.2) is 23.1 Å². The molecule has 1 aromatic rings. The van der Waals surface area contributed by atoms with Gasteiger partial charge in [0.05, 0.1) is 15.9 Å². The van der Waals surface area contributed by atoms with Crippen molar-refractivity contribution in [3.8, 4) is 0 Å². The van der Waals surface area contributed by atoms with Crippen molar-refractivity contribution in [1.82, 2.24) is 4.31 Å². The zero-order valence-corrected chi connectivity index (χ0v) is 12.1. The Morgan fingerprint density at radius 2 is 2.21 bits per heavy atom. The molecule has 4 nitrogen and oxygen atoms in total. The molecule has 1 aliphatic rings. The van der Waals surface area contributed by atoms with Crippen molar-refractivity contribution in [2.75, 3.05) is 6.54 Å². The average Bonchev–Trinajstić information content (AvgIpc) is 2.82. The number of thiocarbonyl (C=S) groups is 1. The maximum atomic E-state index is 13.3. The van der Waals surface area contributed by atoms with Crippen molar-refractivity contribution < 1.29 is 12.8 Å². The predicted octanol–water partition coefficient (Wildman–Crippen LogP) is 1.57. The Bertz CT molecular complexity index is 616. The van der Waals surface area contributed by atoms with Crippen LogP contribution >= 0.6 is 12.2 Å². The number of nitrogens with zero attached hydrogens (tertiary/aromatic N) is 1. The normalized spacial score (nSPS) is 20.6. The highest BCUT2D eigenvalue weighted by Crippen LogP contribution is 2.28. The molecule has 0 aromatic heterocycles. The minimum absolute atomic E-state index is 0.0179. The molecular formula is C12H15FN2O2S2. The van der Waals surface area contributed by atoms with E-state index in [2.05, 4.69) is 0 Å². The number of benzene rings is 1. The lowest BCUT2D eigenvalue weighted by Crippen LogP contribution is -2.42. The molecule has 104 valence electrons. The summed E-state index contributed by atoms with van der Waals surface area (Å²) >= 11 is 4.91. The SMILES string of the molecule is Cc1ccc(F)cc1S(=O)(=O)N1CCCC1C(N)=S. The highest BCUT2D eigenvalue weighted by atomic mass is 32.2. The highest BCUT2D eigenvalue weighted by molar-refractivity contribution is 7.89. The van der Waals surface area contributed by atoms with Crippen molar-refractivity contribution in [2.24, 2.45) is 5.73 Å². The average molecular weight is 302 g/mol. The second-order valence-corrected chi connectivity index (χ2v) is 6.92. The van der Waals surface area contributed by atoms with Crippen LogP contribution in [-0.4, -0.2) is 30.3 Å². The van der Waals surface area contributed by atoms with Gasteiger partial charge in [-0.15, -0.1) is 0 Å². The van der Waals surface area contributed by atoms with Crippen LogP contribution in [0.4, 0.5) is 4.39 Å². The molecule has 2 N–H and O–H groups in total. The third kappa shape index (κ3) is 2.63. The van der Waals surface area contributed by atoms with Crippen molar-refractivity contribution in [2.45, 2.75) is 30.7 Å². The van der Waals surface area contributed by atoms with Crippen LogP contribution in [0.5, 0.6) is 0 Å². The van der Waals surface area contributed by atoms with Crippen LogP contribution in [0.25, 0.3) is 0 Å². The first-order valence-electron chi connectivity index (χ1n) is 5.91. The molecule has 1 aliphatic heterocycles. The van der Waals surface area contributed by atoms with Gasteiger partial charge in [-0.25, -0.2) is 12.8 Å². The summed E-state index contributed by atoms with van der Waals surface area (Å²) in [5, 5.41) is 0. The summed E-state index contributed by atoms with van der Waals surface area (Å²) in [6, 6.07) is 3.26. The van der Waals surface area contributed by atoms with Gasteiger partial charge in [0.1, 0.15) is 5.82 Å². The Hall–Kier alpha value is -1.05. The molecule has 0 radical (unpaired) electrons. The van der Waals surface area contributed by atoms with Crippen LogP contribution in [-0.2, 0) is 10.0 Å². The molecule has 1 saturated heterocycles. The summed E-state index contributed by atoms with van der Waals surface area (Å²) in [5.41, 5.74) is 6.09. The fourth-order valence-electron chi connectivity index (χ4n) is 2.29. The van der Waals surface area contributed by atoms with Gasteiger partial charge in [-0.2, -0.15) is 4.31 Å². The van der Waals surface area contributed by atoms with Crippen molar-refractivity contribution in [3.63, 3.8) is 0 Å². The highest BCUT2D eigenvalue weighted by Gasteiger charge is 2.37. The third-order valence-electron chi connectivity index (χ3n) is 3.27. The zero-order valence-electron chi connectivity index (χ0n) is 10.5. The first-order chi connectivity index (χ1) is 8.84. The van der Waals surface area contributed by atoms with Gasteiger partial charge in [0.15, 0.2) is 0 Å². The molecule has 1 aromatic carbocycles. The van der Waals surface area contributed by atoms with Crippen LogP contribution in [0.2, 0.25) is 0 Å². The maximum absolute atomic E-state index is 13.3. The van der Waals surface area contributed by atoms with Gasteiger partial charge in [-0.3, -0.25) is 0 Å². The van der Waals surface area contributed by atoms with Crippen LogP contribution in [0, 0.1) is 12.7 Å². The number of hydrogen-bond donors (Lipinski definition) is 1. The quantitative estimate of drug-likeness (QED) is 0.861. The van der Waals surface area contributed by atoms with E-state index in [9.17, 15) is 12.8 Å². The second-order valence-electron chi connectivity index (χ2n) is 4.59. The number of rotatable bonds is 3. The van der Waals surface area contributed by atoms with Gasteiger partial charge >= 0.3 is 0 Å². The fraction of sp³-hybridized carbons (Fsp3) is 0.417. The van der Waals surface area contributed by atoms with Gasteiger partial charge in [0.25, 0.3) is 0 Å². The Kier molecular flexibility index (Phi) is 3.89. The Morgan fingerprint density at radius 1 is 1.53 bits per heavy atom. The van der Waals surface area contributed by atoms with E-state index in [1.807, 2.05) is 0 Å². The minimum atomic E-state index is -3.76. The lowest BCUT2D eigenvalue weighted by atomic mass is 10.2. The third-order valence-corrected chi connectivity index (χ3v) is 5.59. The van der Waals surface area contributed by atoms with E-state index in [0.29, 0.717) is 24.9 Å². The lowest BCUT2D eigenvalue weighted by Gasteiger charge is -2.23. The van der Waals surface area contributed by atoms with E-state index in [0.717, 1.165) is 6.07 Å². The molecule has 1 heterocycles. The number of sulfonamides is 1. The summed E-state index contributed by atoms with van der Waals surface area (Å²) in [6.45, 7) is 2.00. The van der Waals surface area contributed by atoms with E-state index in [-0.39, 0.29) is 9.88 Å². The minimum Gasteiger partial charge on any atom is -0.392 e. The second kappa shape index (κ2) is 5.15. The monoisotopic (exact) mass is 302 g/mol. The van der Waals surface area contributed by atoms with Crippen LogP contribution in [0.1, 0.15) is 18.4 Å². The molecule has 7 heteroatoms. The summed E-state index contributed by atoms with van der Waals surface area (Å²) in [5.74, 6) is -0.574. The lowest BCUT2D eigenvalue weighted by molar-refractivity contribution is 0.445. The number of aryl methyl sites for hydroxylation is 1. The molecule has 0 saturated carbocycles. The van der Waals surface area contributed by atoms with E-state index >= 15 is 0 Å². The van der Waals surface area contributed by atoms with Gasteiger partial charge in [0, 0.05) is 6.54 Å². The maximum Gasteiger partial charge on any atom is 0.244 e. The van der Waals surface area contributed by atoms with E-state index in [1.165, 1.54) is 16.4 Å². The van der Waals surface area contributed by atoms with E-state index in [1.54, 1.807) is 6.92 Å². The first kappa shape index (κ1) is 14.4. The molecule has 0 amide bonds. The smallest absolute Gasteiger partial charge is 0.244 e. The Morgan fingerprint density at radius 3 is 2.84 bits per heavy atom. The summed E-state index contributed by atoms with van der Waals surface area (Å²) in [7, 11) is -3.76. The standard InChI is InChI=1S/C12H15FN2O2S2/c1-8-4-5-9(13)7-11(8)19(16,17)15-6-2-3-10(15)12(14)18/h4-5,7,10H,2-3,6H2,1H3,(H2,14,18). The zero-order chi connectivity index (χ0) is 14.2. The molecule has 1 unspecified atom stereocenters. The van der Waals surface area contributed by atoms with Crippen LogP contribution in [0.3, 0.4) is 0 Å². The van der Waals surface area contributed by atoms with E-state index in [4.69, 9.17) is 18.0 Å². The van der Waals surface area contributed by atoms with Gasteiger partial charge in [-0.1, -0.05) is 18.3 Å². The summed E-state index contributed by atoms with van der Waals surface area (Å²) in [4.78, 5) is 0.144. The molecule has 0 spiro atoms. The summed E-state index contributed by atoms with van der Waals surface area (Å²) < 4.78 is 39.7. The molecule has 2 rings (SSSR count). The number of nitrogens with two attached hydrogens (primary N) is 1. The van der Waals surface area contributed by atoms with Crippen LogP contribution < -0.4 is 5.73 Å². The van der Waals surface area contributed by atoms with Gasteiger partial charge in [0.2, 0.25) is 10.0 Å². The largest absolute Gasteiger partial charge is 0.392 e. The molecule has 0 aliphatic carbocycles. The Balaban J connectivity index is 2.48. The first-order valence-corrected chi connectivity index (χ1v) is 7.76. The summed E-state index contributed by atoms with van der Waals surface area (Å²) in [6.07, 6.45) is 1.32. The molecule has 1 atom stereocenters.